The van der Waals surface area contributed by atoms with Crippen molar-refractivity contribution >= 4 is 46.0 Å². The van der Waals surface area contributed by atoms with Crippen molar-refractivity contribution in [1.82, 2.24) is 14.9 Å². The standard InChI is InChI=1S/C30H29ClN6O2S/c1-20-12-16-34(17-13-20)26-11-10-22(19-24(26)31)36-29(28(33-30(36)40)25-8-2-3-14-32-25)27-9-5-15-35(27)21-6-4-7-23(18-21)37(38)39/h2-11,14-15,18-20,28-29H,12-13,16-17H2,1H3,(H,33,40). The molecule has 10 heteroatoms. The molecule has 1 N–H and O–H groups in total. The summed E-state index contributed by atoms with van der Waals surface area (Å²) in [5.74, 6) is 0.730. The van der Waals surface area contributed by atoms with Gasteiger partial charge in [-0.2, -0.15) is 0 Å². The lowest BCUT2D eigenvalue weighted by Crippen LogP contribution is -2.33. The predicted octanol–water partition coefficient (Wildman–Crippen LogP) is 6.85. The van der Waals surface area contributed by atoms with E-state index in [9.17, 15) is 10.1 Å². The minimum absolute atomic E-state index is 0.0322. The number of thiocarbonyl (C=S) groups is 1. The molecule has 0 aliphatic carbocycles. The first-order chi connectivity index (χ1) is 19.4. The fraction of sp³-hybridized carbons (Fsp3) is 0.267. The van der Waals surface area contributed by atoms with Crippen molar-refractivity contribution in [3.63, 3.8) is 0 Å². The molecule has 6 rings (SSSR count). The second-order valence-corrected chi connectivity index (χ2v) is 11.2. The molecule has 2 atom stereocenters. The average molecular weight is 573 g/mol. The van der Waals surface area contributed by atoms with E-state index in [0.29, 0.717) is 15.8 Å². The van der Waals surface area contributed by atoms with Crippen molar-refractivity contribution < 1.29 is 4.92 Å². The van der Waals surface area contributed by atoms with E-state index in [1.54, 1.807) is 18.3 Å². The molecule has 2 aliphatic rings. The summed E-state index contributed by atoms with van der Waals surface area (Å²) in [5, 5.41) is 16.2. The zero-order valence-corrected chi connectivity index (χ0v) is 23.6. The molecular weight excluding hydrogens is 544 g/mol. The van der Waals surface area contributed by atoms with Gasteiger partial charge in [-0.25, -0.2) is 0 Å². The maximum absolute atomic E-state index is 11.5. The van der Waals surface area contributed by atoms with Gasteiger partial charge in [0.05, 0.1) is 33.1 Å². The highest BCUT2D eigenvalue weighted by Crippen LogP contribution is 2.44. The summed E-state index contributed by atoms with van der Waals surface area (Å²) in [6.07, 6.45) is 5.99. The monoisotopic (exact) mass is 572 g/mol. The van der Waals surface area contributed by atoms with Gasteiger partial charge in [-0.3, -0.25) is 15.1 Å². The Bertz CT molecular complexity index is 1550. The summed E-state index contributed by atoms with van der Waals surface area (Å²) in [5.41, 5.74) is 4.38. The highest BCUT2D eigenvalue weighted by Gasteiger charge is 2.42. The van der Waals surface area contributed by atoms with Crippen LogP contribution in [0.25, 0.3) is 5.69 Å². The van der Waals surface area contributed by atoms with Gasteiger partial charge in [0, 0.05) is 49.0 Å². The molecular formula is C30H29ClN6O2S. The van der Waals surface area contributed by atoms with Crippen LogP contribution in [0.4, 0.5) is 17.1 Å². The molecule has 2 fully saturated rings. The second-order valence-electron chi connectivity index (χ2n) is 10.4. The highest BCUT2D eigenvalue weighted by atomic mass is 35.5. The van der Waals surface area contributed by atoms with E-state index in [2.05, 4.69) is 39.2 Å². The summed E-state index contributed by atoms with van der Waals surface area (Å²) in [4.78, 5) is 20.2. The first-order valence-electron chi connectivity index (χ1n) is 13.4. The Morgan fingerprint density at radius 3 is 2.58 bits per heavy atom. The molecule has 4 heterocycles. The van der Waals surface area contributed by atoms with E-state index >= 15 is 0 Å². The first-order valence-corrected chi connectivity index (χ1v) is 14.2. The Hall–Kier alpha value is -3.95. The summed E-state index contributed by atoms with van der Waals surface area (Å²) in [6.45, 7) is 4.28. The third-order valence-electron chi connectivity index (χ3n) is 7.83. The first kappa shape index (κ1) is 26.3. The van der Waals surface area contributed by atoms with Gasteiger partial charge in [-0.05, 0) is 79.5 Å². The van der Waals surface area contributed by atoms with Gasteiger partial charge >= 0.3 is 0 Å². The van der Waals surface area contributed by atoms with Gasteiger partial charge < -0.3 is 19.7 Å². The van der Waals surface area contributed by atoms with E-state index in [0.717, 1.165) is 54.6 Å². The van der Waals surface area contributed by atoms with Crippen LogP contribution in [-0.4, -0.2) is 32.7 Å². The van der Waals surface area contributed by atoms with Crippen LogP contribution in [0.1, 0.15) is 43.2 Å². The molecule has 204 valence electrons. The molecule has 0 spiro atoms. The van der Waals surface area contributed by atoms with Crippen LogP contribution in [0, 0.1) is 16.0 Å². The van der Waals surface area contributed by atoms with Gasteiger partial charge in [0.2, 0.25) is 0 Å². The quantitative estimate of drug-likeness (QED) is 0.154. The maximum Gasteiger partial charge on any atom is 0.271 e. The van der Waals surface area contributed by atoms with Gasteiger partial charge in [0.15, 0.2) is 5.11 Å². The van der Waals surface area contributed by atoms with E-state index in [-0.39, 0.29) is 22.7 Å². The Balaban J connectivity index is 1.43. The van der Waals surface area contributed by atoms with Crippen LogP contribution >= 0.6 is 23.8 Å². The lowest BCUT2D eigenvalue weighted by atomic mass is 9.98. The Kier molecular flexibility index (Phi) is 7.16. The molecule has 2 unspecified atom stereocenters. The number of non-ortho nitro benzene ring substituents is 1. The van der Waals surface area contributed by atoms with Crippen LogP contribution < -0.4 is 15.1 Å². The molecule has 0 saturated carbocycles. The fourth-order valence-electron chi connectivity index (χ4n) is 5.71. The van der Waals surface area contributed by atoms with Crippen LogP contribution in [-0.2, 0) is 0 Å². The number of rotatable bonds is 6. The fourth-order valence-corrected chi connectivity index (χ4v) is 6.35. The summed E-state index contributed by atoms with van der Waals surface area (Å²) >= 11 is 12.8. The molecule has 2 aliphatic heterocycles. The molecule has 0 amide bonds. The number of hydrogen-bond donors (Lipinski definition) is 1. The van der Waals surface area contributed by atoms with Crippen molar-refractivity contribution in [2.45, 2.75) is 31.8 Å². The highest BCUT2D eigenvalue weighted by molar-refractivity contribution is 7.80. The van der Waals surface area contributed by atoms with E-state index < -0.39 is 0 Å². The third-order valence-corrected chi connectivity index (χ3v) is 8.45. The minimum atomic E-state index is -0.380. The Morgan fingerprint density at radius 1 is 1.02 bits per heavy atom. The van der Waals surface area contributed by atoms with Crippen LogP contribution in [0.2, 0.25) is 5.02 Å². The zero-order chi connectivity index (χ0) is 27.8. The number of benzene rings is 2. The van der Waals surface area contributed by atoms with Crippen molar-refractivity contribution in [2.24, 2.45) is 5.92 Å². The van der Waals surface area contributed by atoms with Crippen molar-refractivity contribution in [3.05, 3.63) is 112 Å². The molecule has 2 aromatic heterocycles. The number of aromatic nitrogens is 2. The number of nitro benzene ring substituents is 1. The third kappa shape index (κ3) is 4.91. The van der Waals surface area contributed by atoms with Crippen LogP contribution in [0.5, 0.6) is 0 Å². The molecule has 40 heavy (non-hydrogen) atoms. The second kappa shape index (κ2) is 10.9. The molecule has 0 radical (unpaired) electrons. The molecule has 8 nitrogen and oxygen atoms in total. The van der Waals surface area contributed by atoms with Crippen molar-refractivity contribution in [1.29, 1.82) is 0 Å². The zero-order valence-electron chi connectivity index (χ0n) is 22.0. The molecule has 0 bridgehead atoms. The Morgan fingerprint density at radius 2 is 1.85 bits per heavy atom. The normalized spacial score (nSPS) is 19.6. The van der Waals surface area contributed by atoms with Crippen molar-refractivity contribution in [2.75, 3.05) is 22.9 Å². The largest absolute Gasteiger partial charge is 0.370 e. The van der Waals surface area contributed by atoms with Crippen molar-refractivity contribution in [3.8, 4) is 5.69 Å². The summed E-state index contributed by atoms with van der Waals surface area (Å²) in [6, 6.07) is 22.0. The number of anilines is 2. The van der Waals surface area contributed by atoms with Crippen LogP contribution in [0.3, 0.4) is 0 Å². The number of nitro groups is 1. The Labute approximate surface area is 243 Å². The lowest BCUT2D eigenvalue weighted by Gasteiger charge is -2.33. The van der Waals surface area contributed by atoms with Gasteiger partial charge in [-0.15, -0.1) is 0 Å². The van der Waals surface area contributed by atoms with Crippen LogP contribution in [0.15, 0.2) is 85.2 Å². The topological polar surface area (TPSA) is 79.5 Å². The summed E-state index contributed by atoms with van der Waals surface area (Å²) < 4.78 is 1.97. The van der Waals surface area contributed by atoms with Gasteiger partial charge in [0.25, 0.3) is 5.69 Å². The predicted molar refractivity (Wildman–Crippen MR) is 162 cm³/mol. The minimum Gasteiger partial charge on any atom is -0.370 e. The molecule has 2 saturated heterocycles. The number of halogens is 1. The number of nitrogens with one attached hydrogen (secondary N) is 1. The van der Waals surface area contributed by atoms with E-state index in [1.807, 2.05) is 53.2 Å². The van der Waals surface area contributed by atoms with E-state index in [4.69, 9.17) is 23.8 Å². The maximum atomic E-state index is 11.5. The number of piperidine rings is 1. The van der Waals surface area contributed by atoms with E-state index in [1.165, 1.54) is 6.07 Å². The number of pyridine rings is 1. The number of hydrogen-bond acceptors (Lipinski definition) is 5. The average Bonchev–Trinajstić information content (AvgIpc) is 3.58. The number of nitrogens with zero attached hydrogens (tertiary/aromatic N) is 5. The summed E-state index contributed by atoms with van der Waals surface area (Å²) in [7, 11) is 0. The molecule has 2 aromatic carbocycles. The molecule has 4 aromatic rings. The smallest absolute Gasteiger partial charge is 0.271 e. The van der Waals surface area contributed by atoms with Gasteiger partial charge in [-0.1, -0.05) is 30.7 Å². The SMILES string of the molecule is CC1CCN(c2ccc(N3C(=S)NC(c4ccccn4)C3c3cccn3-c3cccc([N+](=O)[O-])c3)cc2Cl)CC1. The lowest BCUT2D eigenvalue weighted by molar-refractivity contribution is -0.384. The van der Waals surface area contributed by atoms with Gasteiger partial charge in [0.1, 0.15) is 6.04 Å².